The quantitative estimate of drug-likeness (QED) is 0.224. The van der Waals surface area contributed by atoms with Gasteiger partial charge in [0, 0.05) is 15.6 Å². The predicted octanol–water partition coefficient (Wildman–Crippen LogP) is 5.87. The van der Waals surface area contributed by atoms with Crippen molar-refractivity contribution in [3.8, 4) is 5.75 Å². The van der Waals surface area contributed by atoms with Crippen LogP contribution in [0.2, 0.25) is 0 Å². The number of ether oxygens (including phenoxy) is 1. The van der Waals surface area contributed by atoms with E-state index < -0.39 is 5.97 Å². The lowest BCUT2D eigenvalue weighted by atomic mass is 10.1. The van der Waals surface area contributed by atoms with Crippen LogP contribution in [0.5, 0.6) is 5.75 Å². The summed E-state index contributed by atoms with van der Waals surface area (Å²) < 4.78 is 6.20. The molecular formula is C23H17BrO3. The molecule has 0 bridgehead atoms. The van der Waals surface area contributed by atoms with Crippen molar-refractivity contribution in [2.24, 2.45) is 0 Å². The number of hydrogen-bond acceptors (Lipinski definition) is 3. The van der Waals surface area contributed by atoms with Gasteiger partial charge in [-0.2, -0.15) is 0 Å². The molecule has 27 heavy (non-hydrogen) atoms. The molecule has 3 nitrogen and oxygen atoms in total. The number of benzene rings is 3. The van der Waals surface area contributed by atoms with Gasteiger partial charge in [-0.05, 0) is 53.2 Å². The summed E-state index contributed by atoms with van der Waals surface area (Å²) in [6.07, 6.45) is 3.14. The normalized spacial score (nSPS) is 10.7. The second-order valence-corrected chi connectivity index (χ2v) is 6.83. The average molecular weight is 421 g/mol. The number of hydrogen-bond donors (Lipinski definition) is 0. The monoisotopic (exact) mass is 420 g/mol. The highest BCUT2D eigenvalue weighted by Crippen LogP contribution is 2.23. The number of allylic oxidation sites excluding steroid dienone is 1. The fourth-order valence-electron chi connectivity index (χ4n) is 2.47. The summed E-state index contributed by atoms with van der Waals surface area (Å²) in [5.74, 6) is -0.179. The fraction of sp³-hybridized carbons (Fsp3) is 0.0435. The highest BCUT2D eigenvalue weighted by atomic mass is 79.9. The minimum Gasteiger partial charge on any atom is -0.422 e. The van der Waals surface area contributed by atoms with E-state index in [1.807, 2.05) is 31.2 Å². The van der Waals surface area contributed by atoms with Crippen molar-refractivity contribution < 1.29 is 14.3 Å². The number of esters is 1. The molecule has 0 aliphatic rings. The standard InChI is InChI=1S/C23H17BrO3/c1-16-10-12-17(13-11-16)21(25)15-14-18-6-2-5-9-22(18)27-23(26)19-7-3-4-8-20(19)24/h2-15H,1H3. The summed E-state index contributed by atoms with van der Waals surface area (Å²) in [7, 11) is 0. The van der Waals surface area contributed by atoms with Gasteiger partial charge in [0.25, 0.3) is 0 Å². The van der Waals surface area contributed by atoms with Crippen LogP contribution in [0.1, 0.15) is 31.8 Å². The van der Waals surface area contributed by atoms with Crippen LogP contribution < -0.4 is 4.74 Å². The second kappa shape index (κ2) is 8.60. The number of para-hydroxylation sites is 1. The molecule has 134 valence electrons. The van der Waals surface area contributed by atoms with E-state index in [-0.39, 0.29) is 5.78 Å². The molecule has 0 N–H and O–H groups in total. The number of carbonyl (C=O) groups is 2. The van der Waals surface area contributed by atoms with Crippen LogP contribution in [0.25, 0.3) is 6.08 Å². The Morgan fingerprint density at radius 1 is 0.889 bits per heavy atom. The third kappa shape index (κ3) is 4.80. The van der Waals surface area contributed by atoms with Gasteiger partial charge in [0.05, 0.1) is 5.56 Å². The molecular weight excluding hydrogens is 404 g/mol. The molecule has 4 heteroatoms. The van der Waals surface area contributed by atoms with Crippen LogP contribution in [0.15, 0.2) is 83.3 Å². The van der Waals surface area contributed by atoms with Crippen LogP contribution in [-0.2, 0) is 0 Å². The van der Waals surface area contributed by atoms with E-state index in [9.17, 15) is 9.59 Å². The molecule has 0 aromatic heterocycles. The highest BCUT2D eigenvalue weighted by molar-refractivity contribution is 9.10. The maximum absolute atomic E-state index is 12.4. The van der Waals surface area contributed by atoms with Crippen molar-refractivity contribution in [3.63, 3.8) is 0 Å². The molecule has 0 atom stereocenters. The van der Waals surface area contributed by atoms with E-state index in [1.54, 1.807) is 54.6 Å². The summed E-state index contributed by atoms with van der Waals surface area (Å²) in [5.41, 5.74) is 2.80. The summed E-state index contributed by atoms with van der Waals surface area (Å²) in [5, 5.41) is 0. The first kappa shape index (κ1) is 18.8. The molecule has 0 amide bonds. The molecule has 0 radical (unpaired) electrons. The van der Waals surface area contributed by atoms with E-state index in [2.05, 4.69) is 15.9 Å². The zero-order valence-corrected chi connectivity index (χ0v) is 16.3. The third-order valence-corrected chi connectivity index (χ3v) is 4.66. The van der Waals surface area contributed by atoms with Gasteiger partial charge in [-0.3, -0.25) is 4.79 Å². The molecule has 0 unspecified atom stereocenters. The predicted molar refractivity (Wildman–Crippen MR) is 110 cm³/mol. The van der Waals surface area contributed by atoms with Crippen LogP contribution in [0.4, 0.5) is 0 Å². The van der Waals surface area contributed by atoms with Gasteiger partial charge in [-0.1, -0.05) is 60.2 Å². The van der Waals surface area contributed by atoms with Gasteiger partial charge >= 0.3 is 5.97 Å². The Labute approximate surface area is 166 Å². The first-order chi connectivity index (χ1) is 13.0. The molecule has 0 saturated heterocycles. The van der Waals surface area contributed by atoms with Crippen LogP contribution in [0, 0.1) is 6.92 Å². The Morgan fingerprint density at radius 3 is 2.30 bits per heavy atom. The van der Waals surface area contributed by atoms with Crippen molar-refractivity contribution in [1.29, 1.82) is 0 Å². The topological polar surface area (TPSA) is 43.4 Å². The number of aryl methyl sites for hydroxylation is 1. The Balaban J connectivity index is 1.80. The lowest BCUT2D eigenvalue weighted by Gasteiger charge is -2.08. The molecule has 0 spiro atoms. The Kier molecular flexibility index (Phi) is 5.99. The molecule has 3 aromatic rings. The molecule has 0 aliphatic carbocycles. The molecule has 0 saturated carbocycles. The molecule has 0 fully saturated rings. The van der Waals surface area contributed by atoms with Crippen LogP contribution in [0.3, 0.4) is 0 Å². The lowest BCUT2D eigenvalue weighted by Crippen LogP contribution is -2.09. The molecule has 0 heterocycles. The number of halogens is 1. The van der Waals surface area contributed by atoms with E-state index in [0.717, 1.165) is 5.56 Å². The van der Waals surface area contributed by atoms with Gasteiger partial charge in [-0.25, -0.2) is 4.79 Å². The molecule has 0 aliphatic heterocycles. The zero-order valence-electron chi connectivity index (χ0n) is 14.7. The maximum Gasteiger partial charge on any atom is 0.344 e. The van der Waals surface area contributed by atoms with Crippen molar-refractivity contribution in [2.45, 2.75) is 6.92 Å². The Morgan fingerprint density at radius 2 is 1.56 bits per heavy atom. The third-order valence-electron chi connectivity index (χ3n) is 3.97. The van der Waals surface area contributed by atoms with E-state index in [1.165, 1.54) is 6.08 Å². The van der Waals surface area contributed by atoms with Gasteiger partial charge in [0.15, 0.2) is 5.78 Å². The van der Waals surface area contributed by atoms with Crippen molar-refractivity contribution in [3.05, 3.63) is 106 Å². The molecule has 3 aromatic carbocycles. The van der Waals surface area contributed by atoms with E-state index in [4.69, 9.17) is 4.74 Å². The summed E-state index contributed by atoms with van der Waals surface area (Å²) in [6, 6.07) is 21.5. The van der Waals surface area contributed by atoms with Gasteiger partial charge in [0.2, 0.25) is 0 Å². The first-order valence-electron chi connectivity index (χ1n) is 8.39. The summed E-state index contributed by atoms with van der Waals surface area (Å²) in [6.45, 7) is 1.97. The number of rotatable bonds is 5. The first-order valence-corrected chi connectivity index (χ1v) is 9.19. The minimum absolute atomic E-state index is 0.109. The van der Waals surface area contributed by atoms with Crippen molar-refractivity contribution in [1.82, 2.24) is 0 Å². The number of ketones is 1. The van der Waals surface area contributed by atoms with E-state index in [0.29, 0.717) is 26.9 Å². The minimum atomic E-state index is -0.465. The maximum atomic E-state index is 12.4. The highest BCUT2D eigenvalue weighted by Gasteiger charge is 2.13. The Hall–Kier alpha value is -2.98. The van der Waals surface area contributed by atoms with Gasteiger partial charge in [-0.15, -0.1) is 0 Å². The van der Waals surface area contributed by atoms with Crippen molar-refractivity contribution in [2.75, 3.05) is 0 Å². The average Bonchev–Trinajstić information content (AvgIpc) is 2.68. The smallest absolute Gasteiger partial charge is 0.344 e. The van der Waals surface area contributed by atoms with Gasteiger partial charge < -0.3 is 4.74 Å². The summed E-state index contributed by atoms with van der Waals surface area (Å²) >= 11 is 3.35. The second-order valence-electron chi connectivity index (χ2n) is 5.97. The Bertz CT molecular complexity index is 1000. The SMILES string of the molecule is Cc1ccc(C(=O)C=Cc2ccccc2OC(=O)c2ccccc2Br)cc1. The van der Waals surface area contributed by atoms with Crippen LogP contribution in [-0.4, -0.2) is 11.8 Å². The number of carbonyl (C=O) groups excluding carboxylic acids is 2. The largest absolute Gasteiger partial charge is 0.422 e. The fourth-order valence-corrected chi connectivity index (χ4v) is 2.92. The zero-order chi connectivity index (χ0) is 19.2. The van der Waals surface area contributed by atoms with Crippen LogP contribution >= 0.6 is 15.9 Å². The van der Waals surface area contributed by atoms with E-state index >= 15 is 0 Å². The lowest BCUT2D eigenvalue weighted by molar-refractivity contribution is 0.0733. The van der Waals surface area contributed by atoms with Gasteiger partial charge in [0.1, 0.15) is 5.75 Å². The summed E-state index contributed by atoms with van der Waals surface area (Å²) in [4.78, 5) is 24.8. The molecule has 3 rings (SSSR count). The van der Waals surface area contributed by atoms with Crippen molar-refractivity contribution >= 4 is 33.8 Å².